The smallest absolute Gasteiger partial charge is 0.370 e. The Morgan fingerprint density at radius 2 is 1.76 bits per heavy atom. The summed E-state index contributed by atoms with van der Waals surface area (Å²) in [6.07, 6.45) is -2.04. The molecule has 1 heterocycles. The Morgan fingerprint density at radius 3 is 2.32 bits per heavy atom. The predicted octanol–water partition coefficient (Wildman–Crippen LogP) is 3.93. The Balaban J connectivity index is 0.00000312. The number of ether oxygens (including phenoxy) is 1. The summed E-state index contributed by atoms with van der Waals surface area (Å²) in [4.78, 5) is 6.50. The minimum Gasteiger partial charge on any atom is -0.370 e. The zero-order valence-electron chi connectivity index (χ0n) is 14.3. The second-order valence-electron chi connectivity index (χ2n) is 6.27. The first kappa shape index (κ1) is 22.0. The molecule has 1 saturated heterocycles. The van der Waals surface area contributed by atoms with Gasteiger partial charge >= 0.3 is 6.18 Å². The molecule has 142 valence electrons. The van der Waals surface area contributed by atoms with Crippen molar-refractivity contribution >= 4 is 29.9 Å². The largest absolute Gasteiger partial charge is 0.411 e. The van der Waals surface area contributed by atoms with Gasteiger partial charge in [0.15, 0.2) is 5.96 Å². The minimum absolute atomic E-state index is 0. The van der Waals surface area contributed by atoms with Crippen LogP contribution in [-0.4, -0.2) is 36.7 Å². The fraction of sp³-hybridized carbons (Fsp3) is 0.588. The van der Waals surface area contributed by atoms with Crippen molar-refractivity contribution in [1.29, 1.82) is 0 Å². The van der Waals surface area contributed by atoms with Gasteiger partial charge < -0.3 is 15.4 Å². The van der Waals surface area contributed by atoms with Crippen LogP contribution < -0.4 is 5.73 Å². The van der Waals surface area contributed by atoms with E-state index in [-0.39, 0.29) is 30.6 Å². The maximum absolute atomic E-state index is 12.0. The molecule has 0 bridgehead atoms. The van der Waals surface area contributed by atoms with Crippen LogP contribution >= 0.6 is 24.0 Å². The number of rotatable bonds is 5. The molecule has 0 amide bonds. The fourth-order valence-electron chi connectivity index (χ4n) is 2.54. The van der Waals surface area contributed by atoms with Gasteiger partial charge in [0.25, 0.3) is 0 Å². The van der Waals surface area contributed by atoms with Crippen LogP contribution in [0.1, 0.15) is 30.9 Å². The lowest BCUT2D eigenvalue weighted by molar-refractivity contribution is -0.176. The number of hydrogen-bond donors (Lipinski definition) is 1. The van der Waals surface area contributed by atoms with E-state index in [1.165, 1.54) is 0 Å². The summed E-state index contributed by atoms with van der Waals surface area (Å²) >= 11 is 0. The average Bonchev–Trinajstić information content (AvgIpc) is 2.53. The van der Waals surface area contributed by atoms with Gasteiger partial charge in [-0.05, 0) is 29.9 Å². The average molecular weight is 471 g/mol. The van der Waals surface area contributed by atoms with Gasteiger partial charge in [0, 0.05) is 13.1 Å². The summed E-state index contributed by atoms with van der Waals surface area (Å²) in [7, 11) is 0. The molecule has 25 heavy (non-hydrogen) atoms. The quantitative estimate of drug-likeness (QED) is 0.403. The number of hydrogen-bond acceptors (Lipinski definition) is 2. The third kappa shape index (κ3) is 8.26. The van der Waals surface area contributed by atoms with Crippen molar-refractivity contribution in [2.45, 2.75) is 39.1 Å². The summed E-state index contributed by atoms with van der Waals surface area (Å²) in [6, 6.07) is 7.17. The van der Waals surface area contributed by atoms with Gasteiger partial charge in [-0.3, -0.25) is 0 Å². The Bertz CT molecular complexity index is 541. The van der Waals surface area contributed by atoms with Gasteiger partial charge in [-0.1, -0.05) is 31.2 Å². The first-order chi connectivity index (χ1) is 11.3. The van der Waals surface area contributed by atoms with Crippen LogP contribution in [-0.2, 0) is 17.9 Å². The third-order valence-corrected chi connectivity index (χ3v) is 4.09. The molecule has 0 aliphatic carbocycles. The number of nitrogens with zero attached hydrogens (tertiary/aromatic N) is 2. The summed E-state index contributed by atoms with van der Waals surface area (Å²) in [5.74, 6) is 1.29. The normalized spacial score (nSPS) is 16.6. The van der Waals surface area contributed by atoms with Crippen molar-refractivity contribution in [3.63, 3.8) is 0 Å². The molecular formula is C17H25F3IN3O. The standard InChI is InChI=1S/C17H24F3N3O.HI/c1-13-6-8-23(9-7-13)16(21)22-10-14-2-4-15(5-3-14)11-24-12-17(18,19)20;/h2-5,13H,6-12H2,1H3,(H2,21,22);1H. The monoisotopic (exact) mass is 471 g/mol. The molecule has 1 aromatic carbocycles. The molecule has 1 aliphatic heterocycles. The lowest BCUT2D eigenvalue weighted by Gasteiger charge is -2.31. The zero-order valence-corrected chi connectivity index (χ0v) is 16.6. The highest BCUT2D eigenvalue weighted by molar-refractivity contribution is 14.0. The molecule has 1 fully saturated rings. The van der Waals surface area contributed by atoms with Crippen molar-refractivity contribution in [3.05, 3.63) is 35.4 Å². The predicted molar refractivity (Wildman–Crippen MR) is 103 cm³/mol. The molecule has 2 N–H and O–H groups in total. The Labute approximate surface area is 163 Å². The van der Waals surface area contributed by atoms with Gasteiger partial charge in [-0.15, -0.1) is 24.0 Å². The van der Waals surface area contributed by atoms with Crippen LogP contribution in [0.5, 0.6) is 0 Å². The number of likely N-dealkylation sites (tertiary alicyclic amines) is 1. The Kier molecular flexibility index (Phi) is 8.98. The van der Waals surface area contributed by atoms with E-state index >= 15 is 0 Å². The third-order valence-electron chi connectivity index (χ3n) is 4.09. The highest BCUT2D eigenvalue weighted by atomic mass is 127. The highest BCUT2D eigenvalue weighted by Crippen LogP contribution is 2.17. The molecule has 8 heteroatoms. The summed E-state index contributed by atoms with van der Waals surface area (Å²) < 4.78 is 40.7. The maximum atomic E-state index is 12.0. The lowest BCUT2D eigenvalue weighted by atomic mass is 10.00. The van der Waals surface area contributed by atoms with Crippen molar-refractivity contribution in [2.75, 3.05) is 19.7 Å². The number of halogens is 4. The van der Waals surface area contributed by atoms with Crippen molar-refractivity contribution in [1.82, 2.24) is 4.90 Å². The van der Waals surface area contributed by atoms with E-state index < -0.39 is 12.8 Å². The second kappa shape index (κ2) is 10.2. The van der Waals surface area contributed by atoms with Crippen LogP contribution in [0.15, 0.2) is 29.3 Å². The zero-order chi connectivity index (χ0) is 17.6. The van der Waals surface area contributed by atoms with E-state index in [0.29, 0.717) is 18.1 Å². The number of nitrogens with two attached hydrogens (primary N) is 1. The molecule has 1 aromatic rings. The Hall–Kier alpha value is -1.03. The van der Waals surface area contributed by atoms with Crippen LogP contribution in [0.2, 0.25) is 0 Å². The van der Waals surface area contributed by atoms with Crippen molar-refractivity contribution in [3.8, 4) is 0 Å². The Morgan fingerprint density at radius 1 is 1.20 bits per heavy atom. The van der Waals surface area contributed by atoms with Gasteiger partial charge in [-0.25, -0.2) is 4.99 Å². The molecule has 0 spiro atoms. The number of piperidine rings is 1. The van der Waals surface area contributed by atoms with Crippen LogP contribution in [0, 0.1) is 5.92 Å². The van der Waals surface area contributed by atoms with E-state index in [9.17, 15) is 13.2 Å². The van der Waals surface area contributed by atoms with Crippen LogP contribution in [0.25, 0.3) is 0 Å². The highest BCUT2D eigenvalue weighted by Gasteiger charge is 2.27. The van der Waals surface area contributed by atoms with E-state index in [0.717, 1.165) is 37.4 Å². The first-order valence-electron chi connectivity index (χ1n) is 8.10. The number of aliphatic imine (C=N–C) groups is 1. The molecule has 0 saturated carbocycles. The summed E-state index contributed by atoms with van der Waals surface area (Å²) in [6.45, 7) is 3.28. The number of alkyl halides is 3. The maximum Gasteiger partial charge on any atom is 0.411 e. The van der Waals surface area contributed by atoms with E-state index in [4.69, 9.17) is 5.73 Å². The SMILES string of the molecule is CC1CCN(C(N)=NCc2ccc(COCC(F)(F)F)cc2)CC1.I. The molecule has 2 rings (SSSR count). The summed E-state index contributed by atoms with van der Waals surface area (Å²) in [5.41, 5.74) is 7.69. The van der Waals surface area contributed by atoms with Crippen LogP contribution in [0.3, 0.4) is 0 Å². The van der Waals surface area contributed by atoms with Gasteiger partial charge in [0.1, 0.15) is 6.61 Å². The van der Waals surface area contributed by atoms with E-state index in [1.807, 2.05) is 12.1 Å². The molecule has 0 unspecified atom stereocenters. The number of guanidine groups is 1. The second-order valence-corrected chi connectivity index (χ2v) is 6.27. The fourth-order valence-corrected chi connectivity index (χ4v) is 2.54. The topological polar surface area (TPSA) is 50.8 Å². The molecule has 0 radical (unpaired) electrons. The van der Waals surface area contributed by atoms with Crippen molar-refractivity contribution in [2.24, 2.45) is 16.6 Å². The molecular weight excluding hydrogens is 446 g/mol. The van der Waals surface area contributed by atoms with Crippen LogP contribution in [0.4, 0.5) is 13.2 Å². The lowest BCUT2D eigenvalue weighted by Crippen LogP contribution is -2.42. The molecule has 0 aromatic heterocycles. The van der Waals surface area contributed by atoms with Gasteiger partial charge in [0.2, 0.25) is 0 Å². The van der Waals surface area contributed by atoms with E-state index in [1.54, 1.807) is 12.1 Å². The molecule has 0 atom stereocenters. The van der Waals surface area contributed by atoms with Gasteiger partial charge in [-0.2, -0.15) is 13.2 Å². The molecule has 1 aliphatic rings. The first-order valence-corrected chi connectivity index (χ1v) is 8.10. The van der Waals surface area contributed by atoms with Gasteiger partial charge in [0.05, 0.1) is 13.2 Å². The molecule has 4 nitrogen and oxygen atoms in total. The summed E-state index contributed by atoms with van der Waals surface area (Å²) in [5, 5.41) is 0. The van der Waals surface area contributed by atoms with E-state index in [2.05, 4.69) is 21.6 Å². The number of benzene rings is 1. The van der Waals surface area contributed by atoms with Crippen molar-refractivity contribution < 1.29 is 17.9 Å². The minimum atomic E-state index is -4.29.